The van der Waals surface area contributed by atoms with Gasteiger partial charge >= 0.3 is 0 Å². The van der Waals surface area contributed by atoms with Gasteiger partial charge in [0.15, 0.2) is 9.84 Å². The van der Waals surface area contributed by atoms with Gasteiger partial charge in [-0.25, -0.2) is 12.8 Å². The van der Waals surface area contributed by atoms with Crippen molar-refractivity contribution in [3.63, 3.8) is 0 Å². The van der Waals surface area contributed by atoms with Gasteiger partial charge in [-0.15, -0.1) is 0 Å². The number of para-hydroxylation sites is 1. The zero-order valence-electron chi connectivity index (χ0n) is 15.0. The Hall–Kier alpha value is -2.93. The van der Waals surface area contributed by atoms with E-state index < -0.39 is 15.9 Å². The van der Waals surface area contributed by atoms with Crippen LogP contribution in [0.25, 0.3) is 22.2 Å². The highest BCUT2D eigenvalue weighted by molar-refractivity contribution is 7.94. The molecule has 1 aromatic heterocycles. The van der Waals surface area contributed by atoms with E-state index in [1.165, 1.54) is 18.2 Å². The van der Waals surface area contributed by atoms with Crippen molar-refractivity contribution < 1.29 is 17.6 Å². The van der Waals surface area contributed by atoms with Crippen LogP contribution >= 0.6 is 0 Å². The number of H-pyrrole nitrogens is 1. The van der Waals surface area contributed by atoms with Crippen molar-refractivity contribution in [2.75, 3.05) is 5.75 Å². The van der Waals surface area contributed by atoms with Gasteiger partial charge < -0.3 is 10.3 Å². The fourth-order valence-electron chi connectivity index (χ4n) is 3.51. The van der Waals surface area contributed by atoms with E-state index in [1.54, 1.807) is 12.1 Å². The van der Waals surface area contributed by atoms with E-state index in [9.17, 15) is 17.6 Å². The number of benzene rings is 2. The zero-order chi connectivity index (χ0) is 19.7. The van der Waals surface area contributed by atoms with Crippen molar-refractivity contribution in [1.82, 2.24) is 10.3 Å². The number of amides is 1. The molecule has 7 heteroatoms. The summed E-state index contributed by atoms with van der Waals surface area (Å²) >= 11 is 0. The molecule has 0 aliphatic carbocycles. The summed E-state index contributed by atoms with van der Waals surface area (Å²) in [5.41, 5.74) is 3.63. The Labute approximate surface area is 162 Å². The van der Waals surface area contributed by atoms with E-state index in [2.05, 4.69) is 10.3 Å². The fraction of sp³-hybridized carbons (Fsp3) is 0.190. The number of carbonyl (C=O) groups is 1. The lowest BCUT2D eigenvalue weighted by Gasteiger charge is -2.10. The summed E-state index contributed by atoms with van der Waals surface area (Å²) < 4.78 is 36.2. The largest absolute Gasteiger partial charge is 0.354 e. The highest BCUT2D eigenvalue weighted by Gasteiger charge is 2.23. The molecule has 1 atom stereocenters. The average molecular weight is 398 g/mol. The maximum atomic E-state index is 13.3. The first-order valence-corrected chi connectivity index (χ1v) is 10.7. The Kier molecular flexibility index (Phi) is 4.77. The molecule has 2 aromatic carbocycles. The molecule has 0 spiro atoms. The van der Waals surface area contributed by atoms with E-state index in [1.807, 2.05) is 24.3 Å². The average Bonchev–Trinajstić information content (AvgIpc) is 3.20. The predicted octanol–water partition coefficient (Wildman–Crippen LogP) is 3.33. The van der Waals surface area contributed by atoms with Crippen LogP contribution in [0.15, 0.2) is 60.0 Å². The minimum Gasteiger partial charge on any atom is -0.354 e. The molecule has 1 unspecified atom stereocenters. The molecule has 2 N–H and O–H groups in total. The summed E-state index contributed by atoms with van der Waals surface area (Å²) in [5, 5.41) is 4.90. The third-order valence-electron chi connectivity index (χ3n) is 4.83. The van der Waals surface area contributed by atoms with Crippen LogP contribution in [0.1, 0.15) is 12.0 Å². The number of hydrogen-bond acceptors (Lipinski definition) is 3. The number of aryl methyl sites for hydroxylation is 1. The molecule has 28 heavy (non-hydrogen) atoms. The molecule has 1 aliphatic rings. The molecule has 0 bridgehead atoms. The van der Waals surface area contributed by atoms with E-state index >= 15 is 0 Å². The molecule has 144 valence electrons. The molecular weight excluding hydrogens is 379 g/mol. The van der Waals surface area contributed by atoms with Crippen LogP contribution in [0.2, 0.25) is 0 Å². The smallest absolute Gasteiger partial charge is 0.220 e. The van der Waals surface area contributed by atoms with Crippen molar-refractivity contribution in [1.29, 1.82) is 0 Å². The molecule has 0 radical (unpaired) electrons. The summed E-state index contributed by atoms with van der Waals surface area (Å²) in [6, 6.07) is 13.6. The van der Waals surface area contributed by atoms with Gasteiger partial charge in [-0.3, -0.25) is 4.79 Å². The molecule has 2 heterocycles. The van der Waals surface area contributed by atoms with Gasteiger partial charge in [-0.05, 0) is 54.0 Å². The fourth-order valence-corrected chi connectivity index (χ4v) is 4.74. The summed E-state index contributed by atoms with van der Waals surface area (Å²) in [4.78, 5) is 15.7. The predicted molar refractivity (Wildman–Crippen MR) is 107 cm³/mol. The van der Waals surface area contributed by atoms with Gasteiger partial charge in [-0.1, -0.05) is 18.2 Å². The van der Waals surface area contributed by atoms with Crippen molar-refractivity contribution in [2.45, 2.75) is 18.9 Å². The first-order chi connectivity index (χ1) is 13.4. The van der Waals surface area contributed by atoms with Gasteiger partial charge in [0.2, 0.25) is 5.91 Å². The van der Waals surface area contributed by atoms with Crippen LogP contribution in [0.4, 0.5) is 4.39 Å². The summed E-state index contributed by atoms with van der Waals surface area (Å²) in [6.45, 7) is 0. The Bertz CT molecular complexity index is 1160. The van der Waals surface area contributed by atoms with E-state index in [0.29, 0.717) is 6.42 Å². The first-order valence-electron chi connectivity index (χ1n) is 8.97. The summed E-state index contributed by atoms with van der Waals surface area (Å²) in [5.74, 6) is -0.602. The second kappa shape index (κ2) is 7.24. The SMILES string of the molecule is O=C(CCc1c(-c2ccc(F)cc2)[nH]c2ccccc12)NC1C=CS(=O)(=O)C1. The Balaban J connectivity index is 1.56. The van der Waals surface area contributed by atoms with Gasteiger partial charge in [-0.2, -0.15) is 0 Å². The lowest BCUT2D eigenvalue weighted by atomic mass is 10.0. The van der Waals surface area contributed by atoms with Crippen LogP contribution in [-0.4, -0.2) is 31.1 Å². The van der Waals surface area contributed by atoms with Gasteiger partial charge in [0.05, 0.1) is 11.8 Å². The van der Waals surface area contributed by atoms with Crippen LogP contribution in [0.5, 0.6) is 0 Å². The molecule has 0 saturated heterocycles. The van der Waals surface area contributed by atoms with E-state index in [-0.39, 0.29) is 23.9 Å². The topological polar surface area (TPSA) is 79.0 Å². The third kappa shape index (κ3) is 3.84. The number of aromatic amines is 1. The maximum absolute atomic E-state index is 13.3. The first kappa shape index (κ1) is 18.4. The number of halogens is 1. The van der Waals surface area contributed by atoms with Gasteiger partial charge in [0, 0.05) is 28.4 Å². The van der Waals surface area contributed by atoms with Crippen LogP contribution in [-0.2, 0) is 21.1 Å². The summed E-state index contributed by atoms with van der Waals surface area (Å²) in [7, 11) is -3.21. The maximum Gasteiger partial charge on any atom is 0.220 e. The molecule has 1 aliphatic heterocycles. The molecule has 1 amide bonds. The quantitative estimate of drug-likeness (QED) is 0.692. The Morgan fingerprint density at radius 3 is 2.61 bits per heavy atom. The van der Waals surface area contributed by atoms with Crippen LogP contribution < -0.4 is 5.32 Å². The lowest BCUT2D eigenvalue weighted by molar-refractivity contribution is -0.121. The number of sulfone groups is 1. The number of nitrogens with one attached hydrogen (secondary N) is 2. The molecule has 3 aromatic rings. The molecule has 4 rings (SSSR count). The number of aromatic nitrogens is 1. The molecule has 0 saturated carbocycles. The van der Waals surface area contributed by atoms with Gasteiger partial charge in [0.1, 0.15) is 5.82 Å². The highest BCUT2D eigenvalue weighted by Crippen LogP contribution is 2.31. The van der Waals surface area contributed by atoms with Crippen molar-refractivity contribution in [3.05, 3.63) is 71.4 Å². The monoisotopic (exact) mass is 398 g/mol. The minimum atomic E-state index is -3.21. The minimum absolute atomic E-state index is 0.0906. The molecule has 5 nitrogen and oxygen atoms in total. The Morgan fingerprint density at radius 1 is 1.14 bits per heavy atom. The lowest BCUT2D eigenvalue weighted by Crippen LogP contribution is -2.35. The normalized spacial score (nSPS) is 17.8. The number of fused-ring (bicyclic) bond motifs is 1. The van der Waals surface area contributed by atoms with E-state index in [4.69, 9.17) is 0 Å². The van der Waals surface area contributed by atoms with Crippen LogP contribution in [0.3, 0.4) is 0 Å². The zero-order valence-corrected chi connectivity index (χ0v) is 15.8. The summed E-state index contributed by atoms with van der Waals surface area (Å²) in [6.07, 6.45) is 2.20. The standard InChI is InChI=1S/C21H19FN2O3S/c22-15-7-5-14(6-8-15)21-18(17-3-1-2-4-19(17)24-21)9-10-20(25)23-16-11-12-28(26,27)13-16/h1-8,11-12,16,24H,9-10,13H2,(H,23,25). The number of hydrogen-bond donors (Lipinski definition) is 2. The molecule has 0 fully saturated rings. The Morgan fingerprint density at radius 2 is 1.89 bits per heavy atom. The second-order valence-corrected chi connectivity index (χ2v) is 8.79. The van der Waals surface area contributed by atoms with Gasteiger partial charge in [0.25, 0.3) is 0 Å². The van der Waals surface area contributed by atoms with Crippen molar-refractivity contribution in [2.24, 2.45) is 0 Å². The van der Waals surface area contributed by atoms with E-state index in [0.717, 1.165) is 33.1 Å². The molecular formula is C21H19FN2O3S. The number of rotatable bonds is 5. The third-order valence-corrected chi connectivity index (χ3v) is 6.22. The number of carbonyl (C=O) groups excluding carboxylic acids is 1. The highest BCUT2D eigenvalue weighted by atomic mass is 32.2. The van der Waals surface area contributed by atoms with Crippen molar-refractivity contribution in [3.8, 4) is 11.3 Å². The van der Waals surface area contributed by atoms with Crippen molar-refractivity contribution >= 4 is 26.6 Å². The van der Waals surface area contributed by atoms with Crippen LogP contribution in [0, 0.1) is 5.82 Å². The second-order valence-electron chi connectivity index (χ2n) is 6.86.